The van der Waals surface area contributed by atoms with Gasteiger partial charge in [-0.2, -0.15) is 4.57 Å². The average molecular weight is 237 g/mol. The lowest BCUT2D eigenvalue weighted by Gasteiger charge is -1.97. The number of nitrogens with zero attached hydrogens (tertiary/aromatic N) is 1. The Kier molecular flexibility index (Phi) is 3.14. The molecule has 1 aromatic heterocycles. The van der Waals surface area contributed by atoms with Crippen molar-refractivity contribution >= 4 is 23.2 Å². The smallest absolute Gasteiger partial charge is 0.254 e. The summed E-state index contributed by atoms with van der Waals surface area (Å²) in [4.78, 5) is 22.1. The molecule has 2 amide bonds. The van der Waals surface area contributed by atoms with Gasteiger partial charge in [-0.25, -0.2) is 0 Å². The zero-order chi connectivity index (χ0) is 11.5. The van der Waals surface area contributed by atoms with Crippen molar-refractivity contribution in [3.05, 3.63) is 28.2 Å². The number of amides is 2. The Hall–Kier alpha value is -1.49. The first-order valence-electron chi connectivity index (χ1n) is 5.16. The van der Waals surface area contributed by atoms with E-state index in [-0.39, 0.29) is 11.8 Å². The maximum absolute atomic E-state index is 11.2. The highest BCUT2D eigenvalue weighted by molar-refractivity contribution is 7.09. The molecule has 0 saturated heterocycles. The molecule has 5 heteroatoms. The minimum absolute atomic E-state index is 0.239. The van der Waals surface area contributed by atoms with Gasteiger partial charge in [-0.3, -0.25) is 14.9 Å². The molecule has 0 spiro atoms. The predicted molar refractivity (Wildman–Crippen MR) is 59.7 cm³/mol. The van der Waals surface area contributed by atoms with Crippen LogP contribution >= 0.6 is 11.3 Å². The maximum Gasteiger partial charge on any atom is 0.254 e. The van der Waals surface area contributed by atoms with Crippen LogP contribution in [0.2, 0.25) is 0 Å². The van der Waals surface area contributed by atoms with Crippen molar-refractivity contribution in [1.29, 1.82) is 0 Å². The summed E-state index contributed by atoms with van der Waals surface area (Å²) in [6.45, 7) is 2.95. The van der Waals surface area contributed by atoms with E-state index in [9.17, 15) is 9.59 Å². The second-order valence-electron chi connectivity index (χ2n) is 3.71. The Morgan fingerprint density at radius 3 is 2.81 bits per heavy atom. The summed E-state index contributed by atoms with van der Waals surface area (Å²) in [5.74, 6) is -0.531. The van der Waals surface area contributed by atoms with Crippen molar-refractivity contribution in [3.8, 4) is 0 Å². The molecule has 0 unspecified atom stereocenters. The van der Waals surface area contributed by atoms with Gasteiger partial charge in [0.15, 0.2) is 6.20 Å². The molecule has 0 atom stereocenters. The average Bonchev–Trinajstić information content (AvgIpc) is 2.75. The van der Waals surface area contributed by atoms with Crippen LogP contribution in [0.5, 0.6) is 0 Å². The lowest BCUT2D eigenvalue weighted by Crippen LogP contribution is -2.33. The molecule has 1 aliphatic heterocycles. The topological polar surface area (TPSA) is 50.0 Å². The second kappa shape index (κ2) is 4.57. The van der Waals surface area contributed by atoms with Gasteiger partial charge in [-0.15, -0.1) is 0 Å². The quantitative estimate of drug-likeness (QED) is 0.619. The van der Waals surface area contributed by atoms with E-state index in [1.165, 1.54) is 11.1 Å². The maximum atomic E-state index is 11.2. The molecule has 0 saturated carbocycles. The van der Waals surface area contributed by atoms with Gasteiger partial charge in [0.2, 0.25) is 5.01 Å². The first-order valence-corrected chi connectivity index (χ1v) is 6.04. The third-order valence-electron chi connectivity index (χ3n) is 2.56. The van der Waals surface area contributed by atoms with Crippen LogP contribution in [0.3, 0.4) is 0 Å². The molecule has 1 N–H and O–H groups in total. The normalized spacial score (nSPS) is 15.2. The molecule has 1 aliphatic rings. The van der Waals surface area contributed by atoms with E-state index in [2.05, 4.69) is 16.8 Å². The zero-order valence-corrected chi connectivity index (χ0v) is 9.84. The van der Waals surface area contributed by atoms with Gasteiger partial charge < -0.3 is 0 Å². The second-order valence-corrected chi connectivity index (χ2v) is 4.81. The summed E-state index contributed by atoms with van der Waals surface area (Å²) in [7, 11) is 0. The minimum Gasteiger partial charge on any atom is -0.289 e. The molecule has 0 radical (unpaired) electrons. The van der Waals surface area contributed by atoms with Crippen LogP contribution in [0.15, 0.2) is 23.2 Å². The Balaban J connectivity index is 1.85. The fraction of sp³-hybridized carbons (Fsp3) is 0.364. The number of hydrogen-bond acceptors (Lipinski definition) is 3. The fourth-order valence-electron chi connectivity index (χ4n) is 1.68. The number of aryl methyl sites for hydroxylation is 2. The Morgan fingerprint density at radius 2 is 2.25 bits per heavy atom. The van der Waals surface area contributed by atoms with Crippen LogP contribution < -0.4 is 9.88 Å². The molecule has 4 nitrogen and oxygen atoms in total. The highest BCUT2D eigenvalue weighted by atomic mass is 32.1. The molecule has 1 aromatic rings. The van der Waals surface area contributed by atoms with Crippen LogP contribution in [-0.2, 0) is 16.1 Å². The number of carbonyl (C=O) groups excluding carboxylic acids is 2. The molecule has 0 aliphatic carbocycles. The Morgan fingerprint density at radius 1 is 1.44 bits per heavy atom. The van der Waals surface area contributed by atoms with Gasteiger partial charge in [-0.1, -0.05) is 11.3 Å². The molecule has 2 rings (SSSR count). The monoisotopic (exact) mass is 237 g/mol. The fourth-order valence-corrected chi connectivity index (χ4v) is 2.38. The van der Waals surface area contributed by atoms with Crippen molar-refractivity contribution < 1.29 is 14.2 Å². The van der Waals surface area contributed by atoms with E-state index < -0.39 is 0 Å². The molecule has 0 fully saturated rings. The number of carbonyl (C=O) groups is 2. The number of aromatic nitrogens is 1. The number of hydrogen-bond donors (Lipinski definition) is 1. The summed E-state index contributed by atoms with van der Waals surface area (Å²) >= 11 is 1.70. The summed E-state index contributed by atoms with van der Waals surface area (Å²) < 4.78 is 2.15. The number of thiazole rings is 1. The number of rotatable bonds is 4. The van der Waals surface area contributed by atoms with E-state index in [1.807, 2.05) is 11.6 Å². The van der Waals surface area contributed by atoms with Crippen molar-refractivity contribution in [2.45, 2.75) is 26.3 Å². The van der Waals surface area contributed by atoms with Crippen LogP contribution in [0, 0.1) is 6.92 Å². The molecular formula is C11H13N2O2S+. The van der Waals surface area contributed by atoms with E-state index in [0.29, 0.717) is 12.0 Å². The lowest BCUT2D eigenvalue weighted by atomic mass is 10.1. The standard InChI is InChI=1S/C11H12N2O2S/c1-8-13(5-6-16-8)4-2-3-9-7-10(14)12-11(9)15/h5-7H,2-4H2,1H3/p+1. The van der Waals surface area contributed by atoms with Gasteiger partial charge in [-0.05, 0) is 6.42 Å². The highest BCUT2D eigenvalue weighted by Gasteiger charge is 2.20. The van der Waals surface area contributed by atoms with Crippen molar-refractivity contribution in [1.82, 2.24) is 5.32 Å². The number of nitrogens with one attached hydrogen (secondary N) is 1. The third kappa shape index (κ3) is 2.36. The van der Waals surface area contributed by atoms with Gasteiger partial charge in [0.05, 0.1) is 5.38 Å². The van der Waals surface area contributed by atoms with Crippen LogP contribution in [-0.4, -0.2) is 11.8 Å². The van der Waals surface area contributed by atoms with Crippen LogP contribution in [0.4, 0.5) is 0 Å². The summed E-state index contributed by atoms with van der Waals surface area (Å²) in [6, 6.07) is 0. The predicted octanol–water partition coefficient (Wildman–Crippen LogP) is 0.707. The van der Waals surface area contributed by atoms with Crippen molar-refractivity contribution in [3.63, 3.8) is 0 Å². The SMILES string of the molecule is Cc1scc[n+]1CCCC1=CC(=O)NC1=O. The van der Waals surface area contributed by atoms with E-state index >= 15 is 0 Å². The summed E-state index contributed by atoms with van der Waals surface area (Å²) in [6.07, 6.45) is 4.95. The zero-order valence-electron chi connectivity index (χ0n) is 9.03. The van der Waals surface area contributed by atoms with Gasteiger partial charge >= 0.3 is 0 Å². The molecular weight excluding hydrogens is 224 g/mol. The molecule has 0 aromatic carbocycles. The summed E-state index contributed by atoms with van der Waals surface area (Å²) in [5, 5.41) is 5.54. The molecule has 16 heavy (non-hydrogen) atoms. The van der Waals surface area contributed by atoms with E-state index in [4.69, 9.17) is 0 Å². The van der Waals surface area contributed by atoms with Gasteiger partial charge in [0.1, 0.15) is 6.54 Å². The lowest BCUT2D eigenvalue weighted by molar-refractivity contribution is -0.698. The number of imide groups is 1. The third-order valence-corrected chi connectivity index (χ3v) is 3.40. The van der Waals surface area contributed by atoms with Crippen LogP contribution in [0.25, 0.3) is 0 Å². The summed E-state index contributed by atoms with van der Waals surface area (Å²) in [5.41, 5.74) is 0.596. The van der Waals surface area contributed by atoms with E-state index in [1.54, 1.807) is 11.3 Å². The molecule has 2 heterocycles. The van der Waals surface area contributed by atoms with E-state index in [0.717, 1.165) is 13.0 Å². The minimum atomic E-state index is -0.292. The first-order chi connectivity index (χ1) is 7.66. The Bertz CT molecular complexity index is 462. The highest BCUT2D eigenvalue weighted by Crippen LogP contribution is 2.10. The van der Waals surface area contributed by atoms with Crippen molar-refractivity contribution in [2.75, 3.05) is 0 Å². The molecule has 0 bridgehead atoms. The molecule has 84 valence electrons. The van der Waals surface area contributed by atoms with Crippen LogP contribution in [0.1, 0.15) is 17.8 Å². The first kappa shape index (κ1) is 11.0. The van der Waals surface area contributed by atoms with Crippen molar-refractivity contribution in [2.24, 2.45) is 0 Å². The Labute approximate surface area is 97.6 Å². The van der Waals surface area contributed by atoms with Gasteiger partial charge in [0, 0.05) is 25.0 Å². The van der Waals surface area contributed by atoms with Gasteiger partial charge in [0.25, 0.3) is 11.8 Å². The largest absolute Gasteiger partial charge is 0.289 e.